The molecule has 0 bridgehead atoms. The zero-order valence-corrected chi connectivity index (χ0v) is 12.8. The molecule has 0 spiro atoms. The van der Waals surface area contributed by atoms with Gasteiger partial charge >= 0.3 is 5.97 Å². The molecule has 1 aromatic carbocycles. The number of benzene rings is 1. The van der Waals surface area contributed by atoms with Crippen molar-refractivity contribution in [3.05, 3.63) is 34.9 Å². The van der Waals surface area contributed by atoms with Crippen LogP contribution in [0.15, 0.2) is 24.3 Å². The SMILES string of the molecule is C[C@H](OC(=O)CNC(=O)c1ccc(Cl)cc1)C(=O)N(C)C. The van der Waals surface area contributed by atoms with Gasteiger partial charge in [0.15, 0.2) is 6.10 Å². The molecule has 1 atom stereocenters. The van der Waals surface area contributed by atoms with Crippen molar-refractivity contribution < 1.29 is 19.1 Å². The van der Waals surface area contributed by atoms with Gasteiger partial charge in [0.25, 0.3) is 11.8 Å². The third-order valence-corrected chi connectivity index (χ3v) is 2.85. The number of rotatable bonds is 5. The normalized spacial score (nSPS) is 11.4. The van der Waals surface area contributed by atoms with Crippen molar-refractivity contribution in [1.82, 2.24) is 10.2 Å². The van der Waals surface area contributed by atoms with Crippen molar-refractivity contribution in [3.63, 3.8) is 0 Å². The predicted molar refractivity (Wildman–Crippen MR) is 78.0 cm³/mol. The van der Waals surface area contributed by atoms with E-state index in [-0.39, 0.29) is 12.5 Å². The lowest BCUT2D eigenvalue weighted by atomic mass is 10.2. The maximum atomic E-state index is 11.8. The molecule has 0 heterocycles. The number of halogens is 1. The Balaban J connectivity index is 2.44. The number of amides is 2. The summed E-state index contributed by atoms with van der Waals surface area (Å²) in [5.41, 5.74) is 0.379. The van der Waals surface area contributed by atoms with Crippen LogP contribution in [0.2, 0.25) is 5.02 Å². The lowest BCUT2D eigenvalue weighted by molar-refractivity contribution is -0.157. The van der Waals surface area contributed by atoms with E-state index in [1.54, 1.807) is 38.4 Å². The highest BCUT2D eigenvalue weighted by Gasteiger charge is 2.19. The summed E-state index contributed by atoms with van der Waals surface area (Å²) in [7, 11) is 3.13. The Morgan fingerprint density at radius 2 is 1.81 bits per heavy atom. The van der Waals surface area contributed by atoms with E-state index >= 15 is 0 Å². The summed E-state index contributed by atoms with van der Waals surface area (Å²) in [6.45, 7) is 1.16. The number of hydrogen-bond acceptors (Lipinski definition) is 4. The van der Waals surface area contributed by atoms with Crippen molar-refractivity contribution >= 4 is 29.4 Å². The van der Waals surface area contributed by atoms with Crippen LogP contribution in [-0.2, 0) is 14.3 Å². The van der Waals surface area contributed by atoms with Gasteiger partial charge in [0.05, 0.1) is 0 Å². The van der Waals surface area contributed by atoms with Crippen LogP contribution in [0, 0.1) is 0 Å². The van der Waals surface area contributed by atoms with Gasteiger partial charge in [0, 0.05) is 24.7 Å². The molecule has 0 aliphatic carbocycles. The third-order valence-electron chi connectivity index (χ3n) is 2.60. The van der Waals surface area contributed by atoms with E-state index < -0.39 is 18.0 Å². The summed E-state index contributed by atoms with van der Waals surface area (Å²) in [6.07, 6.45) is -0.889. The molecule has 7 heteroatoms. The first-order valence-electron chi connectivity index (χ1n) is 6.25. The van der Waals surface area contributed by atoms with Gasteiger partial charge in [-0.25, -0.2) is 0 Å². The standard InChI is InChI=1S/C14H17ClN2O4/c1-9(14(20)17(2)3)21-12(18)8-16-13(19)10-4-6-11(15)7-5-10/h4-7,9H,8H2,1-3H3,(H,16,19)/t9-/m0/s1. The summed E-state index contributed by atoms with van der Waals surface area (Å²) in [5, 5.41) is 2.93. The molecular weight excluding hydrogens is 296 g/mol. The molecule has 2 amide bonds. The summed E-state index contributed by atoms with van der Waals surface area (Å²) >= 11 is 5.71. The minimum atomic E-state index is -0.889. The van der Waals surface area contributed by atoms with Crippen LogP contribution in [-0.4, -0.2) is 49.4 Å². The molecule has 0 aliphatic rings. The Labute approximate surface area is 128 Å². The summed E-state index contributed by atoms with van der Waals surface area (Å²) in [4.78, 5) is 36.1. The molecule has 0 saturated heterocycles. The molecule has 6 nitrogen and oxygen atoms in total. The number of hydrogen-bond donors (Lipinski definition) is 1. The van der Waals surface area contributed by atoms with Crippen molar-refractivity contribution in [2.24, 2.45) is 0 Å². The highest BCUT2D eigenvalue weighted by molar-refractivity contribution is 6.30. The minimum Gasteiger partial charge on any atom is -0.451 e. The van der Waals surface area contributed by atoms with E-state index in [0.717, 1.165) is 0 Å². The first-order chi connectivity index (χ1) is 9.81. The van der Waals surface area contributed by atoms with E-state index in [2.05, 4.69) is 5.32 Å². The Hall–Kier alpha value is -2.08. The second kappa shape index (κ2) is 7.64. The molecule has 114 valence electrons. The molecule has 21 heavy (non-hydrogen) atoms. The van der Waals surface area contributed by atoms with E-state index in [1.165, 1.54) is 11.8 Å². The zero-order valence-electron chi connectivity index (χ0n) is 12.1. The molecule has 1 N–H and O–H groups in total. The summed E-state index contributed by atoms with van der Waals surface area (Å²) in [5.74, 6) is -1.43. The fourth-order valence-electron chi connectivity index (χ4n) is 1.51. The predicted octanol–water partition coefficient (Wildman–Crippen LogP) is 1.09. The van der Waals surface area contributed by atoms with Gasteiger partial charge in [-0.1, -0.05) is 11.6 Å². The van der Waals surface area contributed by atoms with Gasteiger partial charge in [-0.3, -0.25) is 14.4 Å². The average Bonchev–Trinajstić information content (AvgIpc) is 2.44. The lowest BCUT2D eigenvalue weighted by Gasteiger charge is -2.17. The smallest absolute Gasteiger partial charge is 0.326 e. The summed E-state index contributed by atoms with van der Waals surface area (Å²) < 4.78 is 4.91. The highest BCUT2D eigenvalue weighted by atomic mass is 35.5. The van der Waals surface area contributed by atoms with Crippen LogP contribution < -0.4 is 5.32 Å². The number of ether oxygens (including phenoxy) is 1. The number of nitrogens with zero attached hydrogens (tertiary/aromatic N) is 1. The fourth-order valence-corrected chi connectivity index (χ4v) is 1.63. The van der Waals surface area contributed by atoms with E-state index in [0.29, 0.717) is 10.6 Å². The maximum Gasteiger partial charge on any atom is 0.326 e. The Morgan fingerprint density at radius 1 is 1.24 bits per heavy atom. The third kappa shape index (κ3) is 5.43. The van der Waals surface area contributed by atoms with Gasteiger partial charge in [0.1, 0.15) is 6.54 Å². The second-order valence-corrected chi connectivity index (χ2v) is 4.99. The number of esters is 1. The number of carbonyl (C=O) groups excluding carboxylic acids is 3. The molecule has 0 saturated carbocycles. The van der Waals surface area contributed by atoms with Crippen molar-refractivity contribution in [1.29, 1.82) is 0 Å². The van der Waals surface area contributed by atoms with Crippen LogP contribution >= 0.6 is 11.6 Å². The minimum absolute atomic E-state index is 0.313. The number of likely N-dealkylation sites (N-methyl/N-ethyl adjacent to an activating group) is 1. The first-order valence-corrected chi connectivity index (χ1v) is 6.63. The van der Waals surface area contributed by atoms with Gasteiger partial charge in [-0.2, -0.15) is 0 Å². The van der Waals surface area contributed by atoms with Gasteiger partial charge in [0.2, 0.25) is 0 Å². The first kappa shape index (κ1) is 17.0. The lowest BCUT2D eigenvalue weighted by Crippen LogP contribution is -2.38. The van der Waals surface area contributed by atoms with Crippen LogP contribution in [0.5, 0.6) is 0 Å². The average molecular weight is 313 g/mol. The van der Waals surface area contributed by atoms with E-state index in [1.807, 2.05) is 0 Å². The Kier molecular flexibility index (Phi) is 6.17. The monoisotopic (exact) mass is 312 g/mol. The molecular formula is C14H17ClN2O4. The second-order valence-electron chi connectivity index (χ2n) is 4.55. The fraction of sp³-hybridized carbons (Fsp3) is 0.357. The highest BCUT2D eigenvalue weighted by Crippen LogP contribution is 2.09. The summed E-state index contributed by atoms with van der Waals surface area (Å²) in [6, 6.07) is 6.24. The number of carbonyl (C=O) groups is 3. The zero-order chi connectivity index (χ0) is 16.0. The van der Waals surface area contributed by atoms with Crippen LogP contribution in [0.25, 0.3) is 0 Å². The van der Waals surface area contributed by atoms with Crippen molar-refractivity contribution in [2.75, 3.05) is 20.6 Å². The molecule has 0 fully saturated rings. The maximum absolute atomic E-state index is 11.8. The molecule has 0 aliphatic heterocycles. The topological polar surface area (TPSA) is 75.7 Å². The van der Waals surface area contributed by atoms with Crippen molar-refractivity contribution in [3.8, 4) is 0 Å². The van der Waals surface area contributed by atoms with Crippen LogP contribution in [0.3, 0.4) is 0 Å². The van der Waals surface area contributed by atoms with Crippen LogP contribution in [0.1, 0.15) is 17.3 Å². The van der Waals surface area contributed by atoms with E-state index in [4.69, 9.17) is 16.3 Å². The van der Waals surface area contributed by atoms with Crippen molar-refractivity contribution in [2.45, 2.75) is 13.0 Å². The Bertz CT molecular complexity index is 528. The molecule has 1 rings (SSSR count). The largest absolute Gasteiger partial charge is 0.451 e. The Morgan fingerprint density at radius 3 is 2.33 bits per heavy atom. The molecule has 0 aromatic heterocycles. The van der Waals surface area contributed by atoms with Gasteiger partial charge < -0.3 is 15.0 Å². The number of nitrogens with one attached hydrogen (secondary N) is 1. The quantitative estimate of drug-likeness (QED) is 0.826. The van der Waals surface area contributed by atoms with Gasteiger partial charge in [-0.15, -0.1) is 0 Å². The van der Waals surface area contributed by atoms with Gasteiger partial charge in [-0.05, 0) is 31.2 Å². The molecule has 1 aromatic rings. The van der Waals surface area contributed by atoms with E-state index in [9.17, 15) is 14.4 Å². The molecule has 0 unspecified atom stereocenters. The molecule has 0 radical (unpaired) electrons. The van der Waals surface area contributed by atoms with Crippen LogP contribution in [0.4, 0.5) is 0 Å².